The Morgan fingerprint density at radius 3 is 2.61 bits per heavy atom. The van der Waals surface area contributed by atoms with Crippen LogP contribution in [0.1, 0.15) is 38.2 Å². The number of benzene rings is 1. The van der Waals surface area contributed by atoms with Crippen molar-refractivity contribution >= 4 is 23.2 Å². The Morgan fingerprint density at radius 1 is 1.25 bits per heavy atom. The van der Waals surface area contributed by atoms with E-state index in [1.54, 1.807) is 14.2 Å². The minimum atomic E-state index is -0.196. The zero-order chi connectivity index (χ0) is 20.3. The molecule has 28 heavy (non-hydrogen) atoms. The number of carbonyl (C=O) groups is 1. The number of methoxy groups -OCH3 is 2. The summed E-state index contributed by atoms with van der Waals surface area (Å²) in [5.41, 5.74) is 0.989. The Labute approximate surface area is 173 Å². The lowest BCUT2D eigenvalue weighted by Crippen LogP contribution is -2.41. The lowest BCUT2D eigenvalue weighted by Gasteiger charge is -2.22. The van der Waals surface area contributed by atoms with Crippen molar-refractivity contribution in [3.63, 3.8) is 0 Å². The number of amides is 1. The van der Waals surface area contributed by atoms with Crippen LogP contribution in [0.3, 0.4) is 0 Å². The summed E-state index contributed by atoms with van der Waals surface area (Å²) in [6.07, 6.45) is 2.33. The van der Waals surface area contributed by atoms with Crippen LogP contribution in [0.25, 0.3) is 0 Å². The number of nitrogens with one attached hydrogen (secondary N) is 2. The fraction of sp³-hybridized carbons (Fsp3) is 0.619. The third-order valence-electron chi connectivity index (χ3n) is 5.37. The van der Waals surface area contributed by atoms with E-state index in [0.29, 0.717) is 43.1 Å². The van der Waals surface area contributed by atoms with Crippen LogP contribution in [0.2, 0.25) is 0 Å². The van der Waals surface area contributed by atoms with Gasteiger partial charge >= 0.3 is 0 Å². The van der Waals surface area contributed by atoms with Gasteiger partial charge < -0.3 is 25.0 Å². The van der Waals surface area contributed by atoms with Crippen molar-refractivity contribution in [1.29, 1.82) is 0 Å². The van der Waals surface area contributed by atoms with Crippen LogP contribution in [-0.2, 0) is 4.79 Å². The van der Waals surface area contributed by atoms with E-state index in [1.165, 1.54) is 12.8 Å². The van der Waals surface area contributed by atoms with Gasteiger partial charge in [-0.05, 0) is 37.0 Å². The normalized spacial score (nSPS) is 21.5. The Bertz CT molecular complexity index is 721. The number of nitrogens with zero attached hydrogens (tertiary/aromatic N) is 1. The Hall–Kier alpha value is -2.02. The average Bonchev–Trinajstić information content (AvgIpc) is 3.39. The number of likely N-dealkylation sites (tertiary alicyclic amines) is 1. The molecule has 7 heteroatoms. The van der Waals surface area contributed by atoms with Gasteiger partial charge in [-0.3, -0.25) is 4.79 Å². The monoisotopic (exact) mass is 405 g/mol. The molecule has 0 spiro atoms. The highest BCUT2D eigenvalue weighted by Crippen LogP contribution is 2.42. The molecular formula is C21H31N3O3S. The Balaban J connectivity index is 1.86. The van der Waals surface area contributed by atoms with E-state index in [4.69, 9.17) is 21.7 Å². The van der Waals surface area contributed by atoms with E-state index in [0.717, 1.165) is 10.7 Å². The minimum absolute atomic E-state index is 0.0174. The van der Waals surface area contributed by atoms with Crippen molar-refractivity contribution < 1.29 is 14.3 Å². The molecule has 3 rings (SSSR count). The predicted octanol–water partition coefficient (Wildman–Crippen LogP) is 2.53. The van der Waals surface area contributed by atoms with Crippen LogP contribution in [0.15, 0.2) is 18.2 Å². The van der Waals surface area contributed by atoms with Gasteiger partial charge in [-0.25, -0.2) is 0 Å². The topological polar surface area (TPSA) is 62.8 Å². The molecule has 154 valence electrons. The molecule has 2 atom stereocenters. The van der Waals surface area contributed by atoms with E-state index in [1.807, 2.05) is 18.2 Å². The molecule has 1 aliphatic carbocycles. The van der Waals surface area contributed by atoms with Gasteiger partial charge in [0.15, 0.2) is 16.6 Å². The van der Waals surface area contributed by atoms with E-state index in [9.17, 15) is 4.79 Å². The van der Waals surface area contributed by atoms with Crippen LogP contribution >= 0.6 is 12.2 Å². The summed E-state index contributed by atoms with van der Waals surface area (Å²) in [5, 5.41) is 7.24. The molecule has 1 heterocycles. The fourth-order valence-corrected chi connectivity index (χ4v) is 4.00. The number of carbonyl (C=O) groups excluding carboxylic acids is 1. The van der Waals surface area contributed by atoms with Crippen LogP contribution in [0.4, 0.5) is 0 Å². The highest BCUT2D eigenvalue weighted by Gasteiger charge is 2.41. The van der Waals surface area contributed by atoms with Crippen LogP contribution < -0.4 is 20.1 Å². The molecule has 0 radical (unpaired) electrons. The summed E-state index contributed by atoms with van der Waals surface area (Å²) >= 11 is 5.62. The van der Waals surface area contributed by atoms with Crippen molar-refractivity contribution in [2.45, 2.75) is 38.6 Å². The summed E-state index contributed by atoms with van der Waals surface area (Å²) in [6, 6.07) is 6.34. The molecule has 2 N–H and O–H groups in total. The molecule has 2 unspecified atom stereocenters. The van der Waals surface area contributed by atoms with Crippen molar-refractivity contribution in [2.24, 2.45) is 11.8 Å². The van der Waals surface area contributed by atoms with E-state index in [2.05, 4.69) is 29.4 Å². The van der Waals surface area contributed by atoms with Gasteiger partial charge in [0.2, 0.25) is 5.91 Å². The van der Waals surface area contributed by atoms with Gasteiger partial charge in [0, 0.05) is 37.2 Å². The van der Waals surface area contributed by atoms with E-state index in [-0.39, 0.29) is 17.7 Å². The average molecular weight is 406 g/mol. The fourth-order valence-electron chi connectivity index (χ4n) is 3.68. The van der Waals surface area contributed by atoms with E-state index < -0.39 is 0 Å². The highest BCUT2D eigenvalue weighted by atomic mass is 32.1. The maximum Gasteiger partial charge on any atom is 0.225 e. The Morgan fingerprint density at radius 2 is 2.00 bits per heavy atom. The Kier molecular flexibility index (Phi) is 6.65. The van der Waals surface area contributed by atoms with Crippen molar-refractivity contribution in [3.8, 4) is 11.5 Å². The predicted molar refractivity (Wildman–Crippen MR) is 114 cm³/mol. The highest BCUT2D eigenvalue weighted by molar-refractivity contribution is 7.80. The maximum absolute atomic E-state index is 13.0. The SMILES string of the molecule is COc1cccc(C2CN(C(=S)NC3CC3)CC2C(=O)NCC(C)C)c1OC. The summed E-state index contributed by atoms with van der Waals surface area (Å²) in [4.78, 5) is 15.1. The third kappa shape index (κ3) is 4.69. The van der Waals surface area contributed by atoms with Crippen LogP contribution in [0, 0.1) is 11.8 Å². The number of para-hydroxylation sites is 1. The third-order valence-corrected chi connectivity index (χ3v) is 5.74. The first-order valence-corrected chi connectivity index (χ1v) is 10.4. The van der Waals surface area contributed by atoms with Gasteiger partial charge in [0.05, 0.1) is 20.1 Å². The second-order valence-electron chi connectivity index (χ2n) is 8.06. The van der Waals surface area contributed by atoms with Crippen molar-refractivity contribution in [1.82, 2.24) is 15.5 Å². The zero-order valence-electron chi connectivity index (χ0n) is 17.2. The molecular weight excluding hydrogens is 374 g/mol. The first-order valence-electron chi connectivity index (χ1n) is 9.98. The van der Waals surface area contributed by atoms with Crippen LogP contribution in [0.5, 0.6) is 11.5 Å². The largest absolute Gasteiger partial charge is 0.493 e. The second kappa shape index (κ2) is 8.99. The quantitative estimate of drug-likeness (QED) is 0.680. The lowest BCUT2D eigenvalue weighted by atomic mass is 9.87. The molecule has 2 fully saturated rings. The lowest BCUT2D eigenvalue weighted by molar-refractivity contribution is -0.125. The summed E-state index contributed by atoms with van der Waals surface area (Å²) < 4.78 is 11.1. The number of rotatable bonds is 7. The van der Waals surface area contributed by atoms with Crippen molar-refractivity contribution in [2.75, 3.05) is 33.9 Å². The summed E-state index contributed by atoms with van der Waals surface area (Å²) in [5.74, 6) is 1.64. The molecule has 1 aromatic rings. The number of thiocarbonyl (C=S) groups is 1. The molecule has 1 aromatic carbocycles. The van der Waals surface area contributed by atoms with Gasteiger partial charge in [0.1, 0.15) is 0 Å². The molecule has 1 amide bonds. The second-order valence-corrected chi connectivity index (χ2v) is 8.45. The number of hydrogen-bond donors (Lipinski definition) is 2. The van der Waals surface area contributed by atoms with Gasteiger partial charge in [-0.15, -0.1) is 0 Å². The standard InChI is InChI=1S/C21H31N3O3S/c1-13(2)10-22-20(25)17-12-24(21(28)23-14-8-9-14)11-16(17)15-6-5-7-18(26-3)19(15)27-4/h5-7,13-14,16-17H,8-12H2,1-4H3,(H,22,25)(H,23,28). The molecule has 2 aliphatic rings. The van der Waals surface area contributed by atoms with Crippen molar-refractivity contribution in [3.05, 3.63) is 23.8 Å². The molecule has 1 saturated heterocycles. The molecule has 6 nitrogen and oxygen atoms in total. The summed E-state index contributed by atoms with van der Waals surface area (Å²) in [6.45, 7) is 6.15. The molecule has 0 aromatic heterocycles. The first kappa shape index (κ1) is 20.7. The van der Waals surface area contributed by atoms with E-state index >= 15 is 0 Å². The molecule has 1 saturated carbocycles. The van der Waals surface area contributed by atoms with Gasteiger partial charge in [0.25, 0.3) is 0 Å². The minimum Gasteiger partial charge on any atom is -0.493 e. The molecule has 0 bridgehead atoms. The molecule has 1 aliphatic heterocycles. The first-order chi connectivity index (χ1) is 13.4. The van der Waals surface area contributed by atoms with Gasteiger partial charge in [-0.2, -0.15) is 0 Å². The summed E-state index contributed by atoms with van der Waals surface area (Å²) in [7, 11) is 3.27. The van der Waals surface area contributed by atoms with Crippen LogP contribution in [-0.4, -0.2) is 55.8 Å². The zero-order valence-corrected chi connectivity index (χ0v) is 18.0. The number of ether oxygens (including phenoxy) is 2. The maximum atomic E-state index is 13.0. The number of hydrogen-bond acceptors (Lipinski definition) is 4. The van der Waals surface area contributed by atoms with Gasteiger partial charge in [-0.1, -0.05) is 26.0 Å². The smallest absolute Gasteiger partial charge is 0.225 e.